The highest BCUT2D eigenvalue weighted by Crippen LogP contribution is 2.23. The lowest BCUT2D eigenvalue weighted by molar-refractivity contribution is 0.0242. The third-order valence-corrected chi connectivity index (χ3v) is 3.72. The van der Waals surface area contributed by atoms with Crippen molar-refractivity contribution in [3.05, 3.63) is 0 Å². The van der Waals surface area contributed by atoms with E-state index >= 15 is 0 Å². The maximum absolute atomic E-state index is 12.0. The lowest BCUT2D eigenvalue weighted by atomic mass is 10.2. The molecular formula is C12H24N2O2S. The number of ether oxygens (including phenoxy) is 1. The summed E-state index contributed by atoms with van der Waals surface area (Å²) in [5.41, 5.74) is 5.06. The molecule has 0 unspecified atom stereocenters. The van der Waals surface area contributed by atoms with Gasteiger partial charge in [0.05, 0.1) is 0 Å². The molecule has 17 heavy (non-hydrogen) atoms. The van der Waals surface area contributed by atoms with Crippen molar-refractivity contribution >= 4 is 17.9 Å². The summed E-state index contributed by atoms with van der Waals surface area (Å²) in [7, 11) is 0. The van der Waals surface area contributed by atoms with E-state index in [2.05, 4.69) is 0 Å². The second-order valence-corrected chi connectivity index (χ2v) is 6.48. The molecule has 0 aromatic heterocycles. The van der Waals surface area contributed by atoms with E-state index in [1.165, 1.54) is 0 Å². The van der Waals surface area contributed by atoms with Crippen molar-refractivity contribution in [1.29, 1.82) is 0 Å². The molecule has 0 aromatic carbocycles. The molecule has 0 radical (unpaired) electrons. The molecule has 0 spiro atoms. The van der Waals surface area contributed by atoms with Crippen molar-refractivity contribution in [2.24, 2.45) is 5.73 Å². The molecule has 1 heterocycles. The summed E-state index contributed by atoms with van der Waals surface area (Å²) in [4.78, 5) is 13.8. The molecule has 2 N–H and O–H groups in total. The molecule has 5 heteroatoms. The van der Waals surface area contributed by atoms with E-state index in [9.17, 15) is 4.79 Å². The van der Waals surface area contributed by atoms with Gasteiger partial charge in [-0.15, -0.1) is 0 Å². The van der Waals surface area contributed by atoms with Gasteiger partial charge in [0.25, 0.3) is 0 Å². The zero-order valence-electron chi connectivity index (χ0n) is 11.1. The first-order valence-electron chi connectivity index (χ1n) is 6.21. The average molecular weight is 260 g/mol. The zero-order valence-corrected chi connectivity index (χ0v) is 11.9. The van der Waals surface area contributed by atoms with Crippen LogP contribution in [0.4, 0.5) is 4.79 Å². The van der Waals surface area contributed by atoms with Crippen molar-refractivity contribution in [2.45, 2.75) is 45.3 Å². The van der Waals surface area contributed by atoms with E-state index < -0.39 is 5.60 Å². The van der Waals surface area contributed by atoms with Gasteiger partial charge in [0.15, 0.2) is 0 Å². The smallest absolute Gasteiger partial charge is 0.410 e. The lowest BCUT2D eigenvalue weighted by Crippen LogP contribution is -2.40. The maximum atomic E-state index is 12.0. The van der Waals surface area contributed by atoms with Crippen LogP contribution in [0.15, 0.2) is 0 Å². The monoisotopic (exact) mass is 260 g/mol. The first kappa shape index (κ1) is 14.6. The molecular weight excluding hydrogens is 236 g/mol. The van der Waals surface area contributed by atoms with Gasteiger partial charge < -0.3 is 15.4 Å². The Morgan fingerprint density at radius 3 is 2.82 bits per heavy atom. The number of nitrogens with two attached hydrogens (primary N) is 1. The second kappa shape index (κ2) is 6.50. The van der Waals surface area contributed by atoms with Gasteiger partial charge in [0.2, 0.25) is 0 Å². The quantitative estimate of drug-likeness (QED) is 0.786. The molecule has 0 bridgehead atoms. The number of thioether (sulfide) groups is 1. The van der Waals surface area contributed by atoms with Gasteiger partial charge in [0.1, 0.15) is 5.60 Å². The van der Waals surface area contributed by atoms with Crippen LogP contribution in [0, 0.1) is 0 Å². The molecule has 0 aromatic rings. The number of carbonyl (C=O) groups is 1. The Balaban J connectivity index is 2.42. The summed E-state index contributed by atoms with van der Waals surface area (Å²) in [6.07, 6.45) is 1.98. The summed E-state index contributed by atoms with van der Waals surface area (Å²) >= 11 is 1.82. The Kier molecular flexibility index (Phi) is 5.59. The minimum Gasteiger partial charge on any atom is -0.444 e. The molecule has 0 aliphatic carbocycles. The molecule has 1 amide bonds. The Morgan fingerprint density at radius 1 is 1.53 bits per heavy atom. The molecule has 4 nitrogen and oxygen atoms in total. The van der Waals surface area contributed by atoms with Crippen LogP contribution < -0.4 is 5.73 Å². The largest absolute Gasteiger partial charge is 0.444 e. The van der Waals surface area contributed by atoms with Crippen LogP contribution in [-0.2, 0) is 4.74 Å². The van der Waals surface area contributed by atoms with Gasteiger partial charge in [-0.05, 0) is 33.6 Å². The molecule has 1 aliphatic rings. The lowest BCUT2D eigenvalue weighted by Gasteiger charge is -2.28. The fourth-order valence-corrected chi connectivity index (χ4v) is 2.82. The van der Waals surface area contributed by atoms with Gasteiger partial charge in [-0.3, -0.25) is 0 Å². The summed E-state index contributed by atoms with van der Waals surface area (Å²) < 4.78 is 5.41. The number of hydrogen-bond donors (Lipinski definition) is 1. The average Bonchev–Trinajstić information content (AvgIpc) is 2.64. The van der Waals surface area contributed by atoms with Crippen LogP contribution in [0.3, 0.4) is 0 Å². The van der Waals surface area contributed by atoms with Crippen molar-refractivity contribution < 1.29 is 9.53 Å². The number of amides is 1. The molecule has 1 rings (SSSR count). The molecule has 1 atom stereocenters. The Hall–Kier alpha value is -0.420. The topological polar surface area (TPSA) is 55.6 Å². The van der Waals surface area contributed by atoms with Gasteiger partial charge in [-0.25, -0.2) is 4.79 Å². The van der Waals surface area contributed by atoms with Crippen molar-refractivity contribution in [3.63, 3.8) is 0 Å². The van der Waals surface area contributed by atoms with Gasteiger partial charge >= 0.3 is 6.09 Å². The number of rotatable bonds is 4. The van der Waals surface area contributed by atoms with E-state index in [4.69, 9.17) is 10.5 Å². The minimum absolute atomic E-state index is 0.173. The van der Waals surface area contributed by atoms with Crippen molar-refractivity contribution in [2.75, 3.05) is 24.6 Å². The number of likely N-dealkylation sites (tertiary alicyclic amines) is 1. The Labute approximate surface area is 108 Å². The van der Waals surface area contributed by atoms with Gasteiger partial charge in [-0.1, -0.05) is 0 Å². The predicted molar refractivity (Wildman–Crippen MR) is 72.3 cm³/mol. The number of carbonyl (C=O) groups excluding carboxylic acids is 1. The molecule has 0 saturated carbocycles. The van der Waals surface area contributed by atoms with E-state index in [0.717, 1.165) is 30.9 Å². The summed E-state index contributed by atoms with van der Waals surface area (Å²) in [5.74, 6) is 1.93. The highest BCUT2D eigenvalue weighted by atomic mass is 32.2. The standard InChI is InChI=1S/C12H24N2O2S/c1-12(2,3)16-11(15)14-7-4-5-10(14)9-17-8-6-13/h10H,4-9,13H2,1-3H3/t10-/m1/s1. The first-order chi connectivity index (χ1) is 7.94. The second-order valence-electron chi connectivity index (χ2n) is 5.33. The summed E-state index contributed by atoms with van der Waals surface area (Å²) in [6.45, 7) is 7.23. The summed E-state index contributed by atoms with van der Waals surface area (Å²) in [5, 5.41) is 0. The normalized spacial score (nSPS) is 20.7. The van der Waals surface area contributed by atoms with Crippen LogP contribution in [0.25, 0.3) is 0 Å². The third-order valence-electron chi connectivity index (χ3n) is 2.58. The number of hydrogen-bond acceptors (Lipinski definition) is 4. The summed E-state index contributed by atoms with van der Waals surface area (Å²) in [6, 6.07) is 0.321. The van der Waals surface area contributed by atoms with Gasteiger partial charge in [-0.2, -0.15) is 11.8 Å². The van der Waals surface area contributed by atoms with Crippen molar-refractivity contribution in [3.8, 4) is 0 Å². The van der Waals surface area contributed by atoms with Gasteiger partial charge in [0, 0.05) is 30.6 Å². The Morgan fingerprint density at radius 2 is 2.24 bits per heavy atom. The predicted octanol–water partition coefficient (Wildman–Crippen LogP) is 2.08. The van der Waals surface area contributed by atoms with Crippen LogP contribution in [-0.4, -0.2) is 47.2 Å². The van der Waals surface area contributed by atoms with E-state index in [-0.39, 0.29) is 6.09 Å². The zero-order chi connectivity index (χ0) is 12.9. The molecule has 100 valence electrons. The fraction of sp³-hybridized carbons (Fsp3) is 0.917. The Bertz CT molecular complexity index is 253. The molecule has 1 saturated heterocycles. The fourth-order valence-electron chi connectivity index (χ4n) is 1.87. The van der Waals surface area contributed by atoms with Crippen LogP contribution in [0.2, 0.25) is 0 Å². The molecule has 1 aliphatic heterocycles. The van der Waals surface area contributed by atoms with Crippen LogP contribution in [0.5, 0.6) is 0 Å². The highest BCUT2D eigenvalue weighted by molar-refractivity contribution is 7.99. The van der Waals surface area contributed by atoms with E-state index in [0.29, 0.717) is 12.6 Å². The maximum Gasteiger partial charge on any atom is 0.410 e. The van der Waals surface area contributed by atoms with E-state index in [1.54, 1.807) is 0 Å². The molecule has 1 fully saturated rings. The van der Waals surface area contributed by atoms with Crippen LogP contribution in [0.1, 0.15) is 33.6 Å². The first-order valence-corrected chi connectivity index (χ1v) is 7.37. The third kappa shape index (κ3) is 5.17. The highest BCUT2D eigenvalue weighted by Gasteiger charge is 2.31. The SMILES string of the molecule is CC(C)(C)OC(=O)N1CCC[C@@H]1CSCCN. The van der Waals surface area contributed by atoms with Crippen molar-refractivity contribution in [1.82, 2.24) is 4.90 Å². The minimum atomic E-state index is -0.408. The van der Waals surface area contributed by atoms with E-state index in [1.807, 2.05) is 37.4 Å². The van der Waals surface area contributed by atoms with Crippen LogP contribution >= 0.6 is 11.8 Å². The number of nitrogens with zero attached hydrogens (tertiary/aromatic N) is 1.